The number of hydrogen-bond acceptors (Lipinski definition) is 2. The van der Waals surface area contributed by atoms with Crippen molar-refractivity contribution < 1.29 is 14.7 Å². The first-order chi connectivity index (χ1) is 9.47. The zero-order valence-corrected chi connectivity index (χ0v) is 13.1. The predicted molar refractivity (Wildman–Crippen MR) is 81.6 cm³/mol. The van der Waals surface area contributed by atoms with Gasteiger partial charge in [0.05, 0.1) is 0 Å². The van der Waals surface area contributed by atoms with E-state index in [9.17, 15) is 9.59 Å². The van der Waals surface area contributed by atoms with Gasteiger partial charge in [-0.25, -0.2) is 0 Å². The van der Waals surface area contributed by atoms with Crippen LogP contribution in [0, 0.1) is 0 Å². The van der Waals surface area contributed by atoms with E-state index in [1.54, 1.807) is 0 Å². The van der Waals surface area contributed by atoms with Crippen molar-refractivity contribution in [2.24, 2.45) is 0 Å². The molecule has 4 nitrogen and oxygen atoms in total. The maximum atomic E-state index is 11.7. The van der Waals surface area contributed by atoms with Gasteiger partial charge in [-0.3, -0.25) is 9.59 Å². The molecule has 1 amide bonds. The molecule has 0 fully saturated rings. The first-order valence-electron chi connectivity index (χ1n) is 6.73. The number of unbranched alkanes of at least 4 members (excludes halogenated alkanes) is 1. The van der Waals surface area contributed by atoms with Gasteiger partial charge in [-0.2, -0.15) is 0 Å². The van der Waals surface area contributed by atoms with Gasteiger partial charge in [0.2, 0.25) is 5.91 Å². The van der Waals surface area contributed by atoms with E-state index >= 15 is 0 Å². The lowest BCUT2D eigenvalue weighted by Crippen LogP contribution is -2.33. The molecule has 0 radical (unpaired) electrons. The molecule has 1 rings (SSSR count). The Kier molecular flexibility index (Phi) is 7.30. The molecule has 0 bridgehead atoms. The molecule has 1 atom stereocenters. The van der Waals surface area contributed by atoms with Crippen LogP contribution < -0.4 is 5.32 Å². The minimum absolute atomic E-state index is 0.0158. The number of hydrogen-bond donors (Lipinski definition) is 2. The molecule has 0 aliphatic heterocycles. The SMILES string of the molecule is CC(Cc1cccc(Br)c1)NC(=O)CCCCC(=O)O. The lowest BCUT2D eigenvalue weighted by atomic mass is 10.1. The molecule has 0 aliphatic carbocycles. The van der Waals surface area contributed by atoms with Crippen molar-refractivity contribution in [2.45, 2.75) is 45.1 Å². The second-order valence-electron chi connectivity index (χ2n) is 4.90. The number of rotatable bonds is 8. The summed E-state index contributed by atoms with van der Waals surface area (Å²) < 4.78 is 1.03. The number of carboxylic acids is 1. The summed E-state index contributed by atoms with van der Waals surface area (Å²) in [5, 5.41) is 11.4. The van der Waals surface area contributed by atoms with Crippen molar-refractivity contribution in [3.05, 3.63) is 34.3 Å². The van der Waals surface area contributed by atoms with Crippen molar-refractivity contribution in [1.82, 2.24) is 5.32 Å². The van der Waals surface area contributed by atoms with Crippen molar-refractivity contribution in [3.8, 4) is 0 Å². The summed E-state index contributed by atoms with van der Waals surface area (Å²) in [4.78, 5) is 22.0. The number of nitrogens with one attached hydrogen (secondary N) is 1. The summed E-state index contributed by atoms with van der Waals surface area (Å²) in [7, 11) is 0. The average molecular weight is 342 g/mol. The van der Waals surface area contributed by atoms with Gasteiger partial charge in [0.15, 0.2) is 0 Å². The first kappa shape index (κ1) is 16.7. The van der Waals surface area contributed by atoms with Crippen LogP contribution in [0.4, 0.5) is 0 Å². The van der Waals surface area contributed by atoms with Crippen LogP contribution >= 0.6 is 15.9 Å². The number of amides is 1. The maximum Gasteiger partial charge on any atom is 0.303 e. The smallest absolute Gasteiger partial charge is 0.303 e. The van der Waals surface area contributed by atoms with Crippen LogP contribution in [0.15, 0.2) is 28.7 Å². The fraction of sp³-hybridized carbons (Fsp3) is 0.467. The van der Waals surface area contributed by atoms with Crippen molar-refractivity contribution in [1.29, 1.82) is 0 Å². The van der Waals surface area contributed by atoms with Crippen molar-refractivity contribution in [3.63, 3.8) is 0 Å². The summed E-state index contributed by atoms with van der Waals surface area (Å²) in [6.07, 6.45) is 2.45. The Morgan fingerprint density at radius 1 is 1.30 bits per heavy atom. The number of carbonyl (C=O) groups excluding carboxylic acids is 1. The van der Waals surface area contributed by atoms with Crippen LogP contribution in [-0.4, -0.2) is 23.0 Å². The Hall–Kier alpha value is -1.36. The molecule has 1 aromatic rings. The highest BCUT2D eigenvalue weighted by atomic mass is 79.9. The minimum atomic E-state index is -0.812. The van der Waals surface area contributed by atoms with E-state index in [0.717, 1.165) is 16.5 Å². The number of carboxylic acid groups (broad SMARTS) is 1. The number of benzene rings is 1. The van der Waals surface area contributed by atoms with Crippen LogP contribution in [0.1, 0.15) is 38.2 Å². The summed E-state index contributed by atoms with van der Waals surface area (Å²) in [5.41, 5.74) is 1.16. The van der Waals surface area contributed by atoms with Crippen molar-refractivity contribution >= 4 is 27.8 Å². The Balaban J connectivity index is 2.26. The van der Waals surface area contributed by atoms with Gasteiger partial charge in [0.25, 0.3) is 0 Å². The molecular formula is C15H20BrNO3. The minimum Gasteiger partial charge on any atom is -0.481 e. The van der Waals surface area contributed by atoms with Gasteiger partial charge in [-0.1, -0.05) is 28.1 Å². The van der Waals surface area contributed by atoms with Crippen LogP contribution in [0.2, 0.25) is 0 Å². The molecule has 0 saturated carbocycles. The maximum absolute atomic E-state index is 11.7. The summed E-state index contributed by atoms with van der Waals surface area (Å²) in [6, 6.07) is 8.07. The number of halogens is 1. The van der Waals surface area contributed by atoms with E-state index in [1.165, 1.54) is 0 Å². The van der Waals surface area contributed by atoms with Gasteiger partial charge in [0, 0.05) is 23.4 Å². The van der Waals surface area contributed by atoms with Gasteiger partial charge in [0.1, 0.15) is 0 Å². The molecule has 5 heteroatoms. The molecule has 20 heavy (non-hydrogen) atoms. The van der Waals surface area contributed by atoms with Gasteiger partial charge in [-0.15, -0.1) is 0 Å². The quantitative estimate of drug-likeness (QED) is 0.714. The van der Waals surface area contributed by atoms with E-state index < -0.39 is 5.97 Å². The van der Waals surface area contributed by atoms with Gasteiger partial charge >= 0.3 is 5.97 Å². The second kappa shape index (κ2) is 8.74. The molecule has 0 heterocycles. The lowest BCUT2D eigenvalue weighted by molar-refractivity contribution is -0.137. The normalized spacial score (nSPS) is 11.9. The molecule has 0 aromatic heterocycles. The fourth-order valence-electron chi connectivity index (χ4n) is 1.98. The standard InChI is InChI=1S/C15H20BrNO3/c1-11(9-12-5-4-6-13(16)10-12)17-14(18)7-2-3-8-15(19)20/h4-6,10-11H,2-3,7-9H2,1H3,(H,17,18)(H,19,20). The van der Waals surface area contributed by atoms with Crippen LogP contribution in [0.3, 0.4) is 0 Å². The zero-order chi connectivity index (χ0) is 15.0. The van der Waals surface area contributed by atoms with Crippen molar-refractivity contribution in [2.75, 3.05) is 0 Å². The fourth-order valence-corrected chi connectivity index (χ4v) is 2.42. The summed E-state index contributed by atoms with van der Waals surface area (Å²) >= 11 is 3.42. The number of aliphatic carboxylic acids is 1. The largest absolute Gasteiger partial charge is 0.481 e. The average Bonchev–Trinajstić information content (AvgIpc) is 2.34. The molecule has 0 saturated heterocycles. The molecular weight excluding hydrogens is 322 g/mol. The van der Waals surface area contributed by atoms with E-state index in [4.69, 9.17) is 5.11 Å². The third kappa shape index (κ3) is 7.28. The molecule has 2 N–H and O–H groups in total. The Morgan fingerprint density at radius 3 is 2.65 bits per heavy atom. The topological polar surface area (TPSA) is 66.4 Å². The predicted octanol–water partition coefficient (Wildman–Crippen LogP) is 3.14. The van der Waals surface area contributed by atoms with E-state index in [0.29, 0.717) is 19.3 Å². The molecule has 1 unspecified atom stereocenters. The highest BCUT2D eigenvalue weighted by Crippen LogP contribution is 2.13. The Morgan fingerprint density at radius 2 is 2.00 bits per heavy atom. The zero-order valence-electron chi connectivity index (χ0n) is 11.6. The summed E-state index contributed by atoms with van der Waals surface area (Å²) in [6.45, 7) is 1.97. The highest BCUT2D eigenvalue weighted by Gasteiger charge is 2.08. The Bertz CT molecular complexity index is 462. The molecule has 0 aliphatic rings. The van der Waals surface area contributed by atoms with Crippen LogP contribution in [0.5, 0.6) is 0 Å². The Labute approximate surface area is 127 Å². The van der Waals surface area contributed by atoms with Gasteiger partial charge in [-0.05, 0) is 43.9 Å². The molecule has 1 aromatic carbocycles. The van der Waals surface area contributed by atoms with E-state index in [2.05, 4.69) is 21.2 Å². The monoisotopic (exact) mass is 341 g/mol. The first-order valence-corrected chi connectivity index (χ1v) is 7.52. The number of carbonyl (C=O) groups is 2. The highest BCUT2D eigenvalue weighted by molar-refractivity contribution is 9.10. The molecule has 110 valence electrons. The van der Waals surface area contributed by atoms with E-state index in [1.807, 2.05) is 31.2 Å². The lowest BCUT2D eigenvalue weighted by Gasteiger charge is -2.14. The van der Waals surface area contributed by atoms with Crippen LogP contribution in [-0.2, 0) is 16.0 Å². The molecule has 0 spiro atoms. The van der Waals surface area contributed by atoms with Crippen LogP contribution in [0.25, 0.3) is 0 Å². The third-order valence-corrected chi connectivity index (χ3v) is 3.38. The second-order valence-corrected chi connectivity index (χ2v) is 5.82. The van der Waals surface area contributed by atoms with Gasteiger partial charge < -0.3 is 10.4 Å². The van der Waals surface area contributed by atoms with E-state index in [-0.39, 0.29) is 18.4 Å². The third-order valence-electron chi connectivity index (χ3n) is 2.88. The summed E-state index contributed by atoms with van der Waals surface area (Å²) in [5.74, 6) is -0.827.